The predicted molar refractivity (Wildman–Crippen MR) is 70.1 cm³/mol. The number of carbonyl (C=O) groups is 1. The standard InChI is InChI=1S/C11H13ClN2O2S/c12-9-3-8(11(15)16)4-10(14-9)13-5-7-1-2-17-6-7/h3-4,7H,1-2,5-6H2,(H,13,14)(H,15,16). The van der Waals surface area contributed by atoms with E-state index in [1.165, 1.54) is 24.3 Å². The highest BCUT2D eigenvalue weighted by molar-refractivity contribution is 7.99. The SMILES string of the molecule is O=C(O)c1cc(Cl)nc(NCC2CCSC2)c1. The summed E-state index contributed by atoms with van der Waals surface area (Å²) in [5.41, 5.74) is 0.160. The summed E-state index contributed by atoms with van der Waals surface area (Å²) >= 11 is 7.72. The van der Waals surface area contributed by atoms with E-state index in [0.29, 0.717) is 11.7 Å². The number of rotatable bonds is 4. The molecule has 1 atom stereocenters. The van der Waals surface area contributed by atoms with Crippen LogP contribution < -0.4 is 5.32 Å². The van der Waals surface area contributed by atoms with Crippen LogP contribution in [0.4, 0.5) is 5.82 Å². The highest BCUT2D eigenvalue weighted by atomic mass is 35.5. The molecular formula is C11H13ClN2O2S. The second kappa shape index (κ2) is 5.60. The second-order valence-electron chi connectivity index (χ2n) is 3.98. The largest absolute Gasteiger partial charge is 0.478 e. The molecule has 0 spiro atoms. The van der Waals surface area contributed by atoms with Crippen molar-refractivity contribution >= 4 is 35.1 Å². The number of nitrogens with zero attached hydrogens (tertiary/aromatic N) is 1. The number of hydrogen-bond acceptors (Lipinski definition) is 4. The molecule has 4 nitrogen and oxygen atoms in total. The maximum Gasteiger partial charge on any atom is 0.335 e. The highest BCUT2D eigenvalue weighted by Crippen LogP contribution is 2.24. The molecule has 1 aromatic rings. The number of carboxylic acid groups (broad SMARTS) is 1. The molecule has 1 unspecified atom stereocenters. The van der Waals surface area contributed by atoms with Gasteiger partial charge in [0.05, 0.1) is 5.56 Å². The maximum atomic E-state index is 10.8. The van der Waals surface area contributed by atoms with Crippen LogP contribution in [0.1, 0.15) is 16.8 Å². The summed E-state index contributed by atoms with van der Waals surface area (Å²) in [5.74, 6) is 2.53. The Morgan fingerprint density at radius 3 is 3.12 bits per heavy atom. The highest BCUT2D eigenvalue weighted by Gasteiger charge is 2.15. The maximum absolute atomic E-state index is 10.8. The molecule has 0 radical (unpaired) electrons. The van der Waals surface area contributed by atoms with Gasteiger partial charge in [0.25, 0.3) is 0 Å². The van der Waals surface area contributed by atoms with Crippen molar-refractivity contribution in [1.29, 1.82) is 0 Å². The van der Waals surface area contributed by atoms with Crippen molar-refractivity contribution in [2.75, 3.05) is 23.4 Å². The van der Waals surface area contributed by atoms with Gasteiger partial charge in [-0.05, 0) is 36.0 Å². The van der Waals surface area contributed by atoms with Gasteiger partial charge in [0.2, 0.25) is 0 Å². The van der Waals surface area contributed by atoms with E-state index in [4.69, 9.17) is 16.7 Å². The number of pyridine rings is 1. The Morgan fingerprint density at radius 1 is 1.65 bits per heavy atom. The smallest absolute Gasteiger partial charge is 0.335 e. The predicted octanol–water partition coefficient (Wildman–Crippen LogP) is 2.60. The van der Waals surface area contributed by atoms with Crippen molar-refractivity contribution in [3.05, 3.63) is 22.8 Å². The second-order valence-corrected chi connectivity index (χ2v) is 5.52. The van der Waals surface area contributed by atoms with Gasteiger partial charge in [-0.3, -0.25) is 0 Å². The van der Waals surface area contributed by atoms with Crippen LogP contribution in [0.3, 0.4) is 0 Å². The number of aromatic nitrogens is 1. The average molecular weight is 273 g/mol. The molecule has 1 aromatic heterocycles. The van der Waals surface area contributed by atoms with Crippen LogP contribution in [0.15, 0.2) is 12.1 Å². The summed E-state index contributed by atoms with van der Waals surface area (Å²) in [6.45, 7) is 0.819. The lowest BCUT2D eigenvalue weighted by Gasteiger charge is -2.11. The molecule has 1 aliphatic rings. The lowest BCUT2D eigenvalue weighted by molar-refractivity contribution is 0.0697. The molecule has 1 saturated heterocycles. The molecule has 0 saturated carbocycles. The lowest BCUT2D eigenvalue weighted by atomic mass is 10.1. The van der Waals surface area contributed by atoms with Crippen LogP contribution in [0, 0.1) is 5.92 Å². The van der Waals surface area contributed by atoms with Gasteiger partial charge in [0.15, 0.2) is 0 Å². The normalized spacial score (nSPS) is 19.2. The number of thioether (sulfide) groups is 1. The van der Waals surface area contributed by atoms with E-state index >= 15 is 0 Å². The third-order valence-electron chi connectivity index (χ3n) is 2.64. The number of nitrogens with one attached hydrogen (secondary N) is 1. The van der Waals surface area contributed by atoms with E-state index in [1.54, 1.807) is 0 Å². The quantitative estimate of drug-likeness (QED) is 0.825. The fraction of sp³-hybridized carbons (Fsp3) is 0.455. The topological polar surface area (TPSA) is 62.2 Å². The van der Waals surface area contributed by atoms with Gasteiger partial charge in [0.1, 0.15) is 11.0 Å². The molecule has 2 rings (SSSR count). The Bertz CT molecular complexity index is 422. The molecule has 17 heavy (non-hydrogen) atoms. The van der Waals surface area contributed by atoms with E-state index in [-0.39, 0.29) is 10.7 Å². The van der Waals surface area contributed by atoms with Crippen molar-refractivity contribution < 1.29 is 9.90 Å². The molecule has 2 N–H and O–H groups in total. The Morgan fingerprint density at radius 2 is 2.47 bits per heavy atom. The van der Waals surface area contributed by atoms with E-state index in [2.05, 4.69) is 10.3 Å². The van der Waals surface area contributed by atoms with Gasteiger partial charge >= 0.3 is 5.97 Å². The zero-order chi connectivity index (χ0) is 12.3. The lowest BCUT2D eigenvalue weighted by Crippen LogP contribution is -2.14. The van der Waals surface area contributed by atoms with Crippen LogP contribution in [-0.4, -0.2) is 34.1 Å². The van der Waals surface area contributed by atoms with E-state index in [0.717, 1.165) is 12.3 Å². The molecule has 92 valence electrons. The zero-order valence-corrected chi connectivity index (χ0v) is 10.7. The molecule has 0 bridgehead atoms. The van der Waals surface area contributed by atoms with Gasteiger partial charge in [-0.2, -0.15) is 11.8 Å². The Hall–Kier alpha value is -0.940. The summed E-state index contributed by atoms with van der Waals surface area (Å²) < 4.78 is 0. The van der Waals surface area contributed by atoms with Crippen LogP contribution in [0.5, 0.6) is 0 Å². The first kappa shape index (κ1) is 12.5. The van der Waals surface area contributed by atoms with Crippen molar-refractivity contribution in [3.63, 3.8) is 0 Å². The van der Waals surface area contributed by atoms with Gasteiger partial charge in [-0.25, -0.2) is 9.78 Å². The number of aromatic carboxylic acids is 1. The van der Waals surface area contributed by atoms with Crippen molar-refractivity contribution in [2.45, 2.75) is 6.42 Å². The van der Waals surface area contributed by atoms with E-state index < -0.39 is 5.97 Å². The number of halogens is 1. The van der Waals surface area contributed by atoms with Crippen molar-refractivity contribution in [3.8, 4) is 0 Å². The first-order valence-electron chi connectivity index (χ1n) is 5.37. The number of hydrogen-bond donors (Lipinski definition) is 2. The summed E-state index contributed by atoms with van der Waals surface area (Å²) in [7, 11) is 0. The number of carboxylic acids is 1. The first-order chi connectivity index (χ1) is 8.15. The van der Waals surface area contributed by atoms with Crippen molar-refractivity contribution in [1.82, 2.24) is 4.98 Å². The molecule has 0 aromatic carbocycles. The third kappa shape index (κ3) is 3.51. The summed E-state index contributed by atoms with van der Waals surface area (Å²) in [4.78, 5) is 14.9. The summed E-state index contributed by atoms with van der Waals surface area (Å²) in [5, 5.41) is 12.2. The van der Waals surface area contributed by atoms with Crippen LogP contribution in [-0.2, 0) is 0 Å². The monoisotopic (exact) mass is 272 g/mol. The molecule has 1 fully saturated rings. The van der Waals surface area contributed by atoms with E-state index in [1.807, 2.05) is 11.8 Å². The molecule has 1 aliphatic heterocycles. The fourth-order valence-corrected chi connectivity index (χ4v) is 3.20. The molecular weight excluding hydrogens is 260 g/mol. The van der Waals surface area contributed by atoms with Crippen LogP contribution >= 0.6 is 23.4 Å². The zero-order valence-electron chi connectivity index (χ0n) is 9.15. The van der Waals surface area contributed by atoms with E-state index in [9.17, 15) is 4.79 Å². The Labute approximate surface area is 109 Å². The number of anilines is 1. The van der Waals surface area contributed by atoms with Gasteiger partial charge in [-0.1, -0.05) is 11.6 Å². The molecule has 6 heteroatoms. The minimum atomic E-state index is -0.992. The molecule has 0 aliphatic carbocycles. The van der Waals surface area contributed by atoms with Gasteiger partial charge < -0.3 is 10.4 Å². The fourth-order valence-electron chi connectivity index (χ4n) is 1.70. The van der Waals surface area contributed by atoms with Crippen LogP contribution in [0.2, 0.25) is 5.15 Å². The van der Waals surface area contributed by atoms with Gasteiger partial charge in [0, 0.05) is 6.54 Å². The average Bonchev–Trinajstić information content (AvgIpc) is 2.78. The molecule has 0 amide bonds. The third-order valence-corrected chi connectivity index (χ3v) is 4.06. The summed E-state index contributed by atoms with van der Waals surface area (Å²) in [6.07, 6.45) is 1.20. The van der Waals surface area contributed by atoms with Gasteiger partial charge in [-0.15, -0.1) is 0 Å². The Kier molecular flexibility index (Phi) is 4.12. The summed E-state index contributed by atoms with van der Waals surface area (Å²) in [6, 6.07) is 2.86. The van der Waals surface area contributed by atoms with Crippen LogP contribution in [0.25, 0.3) is 0 Å². The molecule has 2 heterocycles. The minimum absolute atomic E-state index is 0.160. The minimum Gasteiger partial charge on any atom is -0.478 e. The Balaban J connectivity index is 2.01. The van der Waals surface area contributed by atoms with Crippen molar-refractivity contribution in [2.24, 2.45) is 5.92 Å². The first-order valence-corrected chi connectivity index (χ1v) is 6.91.